The normalized spacial score (nSPS) is 15.8. The number of thiazole rings is 1. The van der Waals surface area contributed by atoms with E-state index in [1.807, 2.05) is 6.07 Å². The van der Waals surface area contributed by atoms with Gasteiger partial charge < -0.3 is 15.3 Å². The molecule has 1 aliphatic rings. The van der Waals surface area contributed by atoms with Crippen molar-refractivity contribution in [3.8, 4) is 10.6 Å². The molecule has 3 aromatic rings. The number of carboxylic acids is 1. The molecule has 0 unspecified atom stereocenters. The molecule has 9 nitrogen and oxygen atoms in total. The van der Waals surface area contributed by atoms with Crippen molar-refractivity contribution in [3.63, 3.8) is 0 Å². The summed E-state index contributed by atoms with van der Waals surface area (Å²) in [5, 5.41) is 23.8. The van der Waals surface area contributed by atoms with E-state index in [4.69, 9.17) is 0 Å². The number of non-ortho nitro benzene ring substituents is 1. The summed E-state index contributed by atoms with van der Waals surface area (Å²) in [7, 11) is 0. The number of piperidine rings is 1. The van der Waals surface area contributed by atoms with Crippen LogP contribution in [0.4, 0.5) is 11.4 Å². The molecule has 2 heterocycles. The van der Waals surface area contributed by atoms with E-state index in [2.05, 4.69) is 15.2 Å². The van der Waals surface area contributed by atoms with Gasteiger partial charge in [-0.1, -0.05) is 6.07 Å². The van der Waals surface area contributed by atoms with Crippen LogP contribution in [-0.2, 0) is 0 Å². The number of amides is 1. The van der Waals surface area contributed by atoms with Crippen LogP contribution in [0.1, 0.15) is 38.6 Å². The van der Waals surface area contributed by atoms with Crippen LogP contribution in [0.15, 0.2) is 48.5 Å². The summed E-state index contributed by atoms with van der Waals surface area (Å²) in [5.41, 5.74) is 2.38. The van der Waals surface area contributed by atoms with Gasteiger partial charge in [-0.15, -0.1) is 11.3 Å². The number of hydrogen-bond acceptors (Lipinski definition) is 7. The van der Waals surface area contributed by atoms with Crippen LogP contribution >= 0.6 is 11.3 Å². The summed E-state index contributed by atoms with van der Waals surface area (Å²) < 4.78 is 0. The van der Waals surface area contributed by atoms with Crippen LogP contribution in [0.5, 0.6) is 0 Å². The lowest BCUT2D eigenvalue weighted by Crippen LogP contribution is -2.47. The van der Waals surface area contributed by atoms with Gasteiger partial charge in [-0.2, -0.15) is 0 Å². The minimum absolute atomic E-state index is 0.000684. The number of hydrogen-bond donors (Lipinski definition) is 2. The highest BCUT2D eigenvalue weighted by atomic mass is 32.1. The zero-order chi connectivity index (χ0) is 23.5. The first-order valence-electron chi connectivity index (χ1n) is 10.4. The van der Waals surface area contributed by atoms with E-state index in [-0.39, 0.29) is 23.2 Å². The Hall–Kier alpha value is -3.79. The van der Waals surface area contributed by atoms with Gasteiger partial charge in [-0.05, 0) is 50.1 Å². The molecule has 1 amide bonds. The summed E-state index contributed by atoms with van der Waals surface area (Å²) in [6, 6.07) is 12.8. The summed E-state index contributed by atoms with van der Waals surface area (Å²) in [5.74, 6) is -1.17. The molecule has 10 heteroatoms. The minimum atomic E-state index is -0.969. The smallest absolute Gasteiger partial charge is 0.335 e. The number of carbonyl (C=O) groups is 2. The quantitative estimate of drug-likeness (QED) is 0.413. The first kappa shape index (κ1) is 22.4. The first-order valence-corrected chi connectivity index (χ1v) is 11.2. The van der Waals surface area contributed by atoms with E-state index in [0.717, 1.165) is 30.6 Å². The molecule has 1 atom stereocenters. The largest absolute Gasteiger partial charge is 0.478 e. The van der Waals surface area contributed by atoms with Crippen molar-refractivity contribution in [2.45, 2.75) is 25.8 Å². The molecule has 170 valence electrons. The topological polar surface area (TPSA) is 126 Å². The molecular weight excluding hydrogens is 444 g/mol. The molecule has 0 bridgehead atoms. The molecule has 0 radical (unpaired) electrons. The number of carbonyl (C=O) groups excluding carboxylic acids is 1. The number of anilines is 1. The number of nitrogens with one attached hydrogen (secondary N) is 1. The van der Waals surface area contributed by atoms with Crippen LogP contribution in [0, 0.1) is 17.0 Å². The van der Waals surface area contributed by atoms with Crippen molar-refractivity contribution in [1.29, 1.82) is 0 Å². The van der Waals surface area contributed by atoms with E-state index in [1.165, 1.54) is 23.5 Å². The second-order valence-corrected chi connectivity index (χ2v) is 8.85. The maximum absolute atomic E-state index is 13.0. The molecular formula is C23H22N4O5S. The van der Waals surface area contributed by atoms with Crippen molar-refractivity contribution in [1.82, 2.24) is 10.3 Å². The maximum atomic E-state index is 13.0. The van der Waals surface area contributed by atoms with Crippen molar-refractivity contribution >= 4 is 34.6 Å². The predicted octanol–water partition coefficient (Wildman–Crippen LogP) is 4.12. The predicted molar refractivity (Wildman–Crippen MR) is 125 cm³/mol. The highest BCUT2D eigenvalue weighted by molar-refractivity contribution is 7.17. The Kier molecular flexibility index (Phi) is 6.36. The van der Waals surface area contributed by atoms with Crippen LogP contribution in [0.25, 0.3) is 10.6 Å². The molecule has 0 aliphatic carbocycles. The molecule has 33 heavy (non-hydrogen) atoms. The Balaban J connectivity index is 1.45. The second kappa shape index (κ2) is 9.37. The number of rotatable bonds is 6. The van der Waals surface area contributed by atoms with Gasteiger partial charge in [0.25, 0.3) is 11.6 Å². The summed E-state index contributed by atoms with van der Waals surface area (Å²) >= 11 is 1.25. The number of carboxylic acid groups (broad SMARTS) is 1. The molecule has 2 N–H and O–H groups in total. The number of benzene rings is 2. The summed E-state index contributed by atoms with van der Waals surface area (Å²) in [6.45, 7) is 3.14. The van der Waals surface area contributed by atoms with E-state index in [1.54, 1.807) is 37.3 Å². The van der Waals surface area contributed by atoms with Crippen LogP contribution in [-0.4, -0.2) is 46.0 Å². The Labute approximate surface area is 193 Å². The highest BCUT2D eigenvalue weighted by Gasteiger charge is 2.25. The van der Waals surface area contributed by atoms with Gasteiger partial charge in [0.1, 0.15) is 9.88 Å². The minimum Gasteiger partial charge on any atom is -0.478 e. The van der Waals surface area contributed by atoms with Gasteiger partial charge in [0.15, 0.2) is 0 Å². The highest BCUT2D eigenvalue weighted by Crippen LogP contribution is 2.29. The fraction of sp³-hybridized carbons (Fsp3) is 0.261. The molecule has 1 fully saturated rings. The van der Waals surface area contributed by atoms with Crippen molar-refractivity contribution < 1.29 is 19.6 Å². The molecule has 1 aromatic heterocycles. The van der Waals surface area contributed by atoms with Crippen LogP contribution < -0.4 is 10.2 Å². The number of nitrogens with zero attached hydrogens (tertiary/aromatic N) is 3. The van der Waals surface area contributed by atoms with E-state index < -0.39 is 10.9 Å². The lowest BCUT2D eigenvalue weighted by molar-refractivity contribution is -0.384. The van der Waals surface area contributed by atoms with Crippen LogP contribution in [0.3, 0.4) is 0 Å². The fourth-order valence-electron chi connectivity index (χ4n) is 3.87. The zero-order valence-electron chi connectivity index (χ0n) is 17.9. The average Bonchev–Trinajstić information content (AvgIpc) is 3.21. The van der Waals surface area contributed by atoms with Gasteiger partial charge in [-0.25, -0.2) is 9.78 Å². The fourth-order valence-corrected chi connectivity index (χ4v) is 4.85. The van der Waals surface area contributed by atoms with Gasteiger partial charge in [0, 0.05) is 42.5 Å². The monoisotopic (exact) mass is 466 g/mol. The Morgan fingerprint density at radius 1 is 1.24 bits per heavy atom. The SMILES string of the molecule is Cc1nc(-c2ccc([N+](=O)[O-])cc2)sc1C(=O)N[C@H]1CCCN(c2cccc(C(=O)O)c2)C1. The third-order valence-corrected chi connectivity index (χ3v) is 6.75. The molecule has 0 saturated carbocycles. The number of nitro benzene ring substituents is 1. The van der Waals surface area contributed by atoms with Crippen molar-refractivity contribution in [2.24, 2.45) is 0 Å². The van der Waals surface area contributed by atoms with Gasteiger partial charge in [-0.3, -0.25) is 14.9 Å². The van der Waals surface area contributed by atoms with Crippen molar-refractivity contribution in [2.75, 3.05) is 18.0 Å². The third-order valence-electron chi connectivity index (χ3n) is 5.54. The third kappa shape index (κ3) is 5.01. The average molecular weight is 467 g/mol. The lowest BCUT2D eigenvalue weighted by atomic mass is 10.0. The molecule has 1 saturated heterocycles. The molecule has 2 aromatic carbocycles. The zero-order valence-corrected chi connectivity index (χ0v) is 18.7. The maximum Gasteiger partial charge on any atom is 0.335 e. The van der Waals surface area contributed by atoms with Crippen LogP contribution in [0.2, 0.25) is 0 Å². The van der Waals surface area contributed by atoms with Crippen molar-refractivity contribution in [3.05, 3.63) is 74.8 Å². The summed E-state index contributed by atoms with van der Waals surface area (Å²) in [6.07, 6.45) is 1.70. The number of nitro groups is 1. The van der Waals surface area contributed by atoms with E-state index >= 15 is 0 Å². The van der Waals surface area contributed by atoms with E-state index in [0.29, 0.717) is 22.1 Å². The Morgan fingerprint density at radius 3 is 2.70 bits per heavy atom. The number of aryl methyl sites for hydroxylation is 1. The van der Waals surface area contributed by atoms with Gasteiger partial charge >= 0.3 is 5.97 Å². The first-order chi connectivity index (χ1) is 15.8. The molecule has 4 rings (SSSR count). The summed E-state index contributed by atoms with van der Waals surface area (Å²) in [4.78, 5) is 41.7. The number of aromatic carboxylic acids is 1. The van der Waals surface area contributed by atoms with Gasteiger partial charge in [0.2, 0.25) is 0 Å². The lowest BCUT2D eigenvalue weighted by Gasteiger charge is -2.34. The number of aromatic nitrogens is 1. The standard InChI is InChI=1S/C23H22N4O5S/c1-14-20(33-22(24-14)15-7-9-18(10-8-15)27(31)32)21(28)25-17-5-3-11-26(13-17)19-6-2-4-16(12-19)23(29)30/h2,4,6-10,12,17H,3,5,11,13H2,1H3,(H,25,28)(H,29,30)/t17-/m0/s1. The second-order valence-electron chi connectivity index (χ2n) is 7.85. The van der Waals surface area contributed by atoms with E-state index in [9.17, 15) is 24.8 Å². The van der Waals surface area contributed by atoms with Gasteiger partial charge in [0.05, 0.1) is 16.2 Å². The Bertz CT molecular complexity index is 1210. The molecule has 0 spiro atoms. The Morgan fingerprint density at radius 2 is 2.00 bits per heavy atom. The molecule has 1 aliphatic heterocycles.